The van der Waals surface area contributed by atoms with Crippen molar-refractivity contribution >= 4 is 28.6 Å². The van der Waals surface area contributed by atoms with Crippen LogP contribution in [0.5, 0.6) is 0 Å². The molecule has 0 bridgehead atoms. The van der Waals surface area contributed by atoms with E-state index in [2.05, 4.69) is 36.2 Å². The quantitative estimate of drug-likeness (QED) is 0.444. The predicted molar refractivity (Wildman–Crippen MR) is 128 cm³/mol. The van der Waals surface area contributed by atoms with Crippen molar-refractivity contribution in [3.05, 3.63) is 53.2 Å². The number of nitrogens with zero attached hydrogens (tertiary/aromatic N) is 8. The monoisotopic (exact) mass is 487 g/mol. The highest BCUT2D eigenvalue weighted by molar-refractivity contribution is 7.15. The topological polar surface area (TPSA) is 157 Å². The van der Waals surface area contributed by atoms with Crippen molar-refractivity contribution in [3.8, 4) is 28.7 Å². The van der Waals surface area contributed by atoms with Crippen LogP contribution in [0.2, 0.25) is 0 Å². The van der Waals surface area contributed by atoms with Crippen LogP contribution in [0.15, 0.2) is 42.7 Å². The molecular weight excluding hydrogens is 466 g/mol. The third kappa shape index (κ3) is 5.92. The first kappa shape index (κ1) is 23.7. The Kier molecular flexibility index (Phi) is 7.52. The van der Waals surface area contributed by atoms with E-state index in [1.165, 1.54) is 19.3 Å². The minimum absolute atomic E-state index is 0.142. The number of hydrogen-bond acceptors (Lipinski definition) is 11. The molecule has 0 saturated carbocycles. The minimum Gasteiger partial charge on any atom is -0.368 e. The molecule has 0 atom stereocenters. The van der Waals surface area contributed by atoms with Gasteiger partial charge in [-0.25, -0.2) is 19.6 Å². The summed E-state index contributed by atoms with van der Waals surface area (Å²) in [6.07, 6.45) is 7.77. The maximum absolute atomic E-state index is 9.16. The van der Waals surface area contributed by atoms with Crippen LogP contribution in [0.3, 0.4) is 0 Å². The predicted octanol–water partition coefficient (Wildman–Crippen LogP) is 2.77. The van der Waals surface area contributed by atoms with E-state index in [9.17, 15) is 0 Å². The molecule has 2 N–H and O–H groups in total. The van der Waals surface area contributed by atoms with Crippen LogP contribution < -0.4 is 10.6 Å². The van der Waals surface area contributed by atoms with Crippen molar-refractivity contribution in [1.82, 2.24) is 29.9 Å². The molecule has 0 unspecified atom stereocenters. The summed E-state index contributed by atoms with van der Waals surface area (Å²) < 4.78 is 1.77. The second-order valence-corrected chi connectivity index (χ2v) is 8.82. The second-order valence-electron chi connectivity index (χ2n) is 7.73. The number of thiazole rings is 1. The summed E-state index contributed by atoms with van der Waals surface area (Å²) in [6.45, 7) is 2.75. The highest BCUT2D eigenvalue weighted by Crippen LogP contribution is 2.27. The van der Waals surface area contributed by atoms with E-state index in [-0.39, 0.29) is 12.1 Å². The summed E-state index contributed by atoms with van der Waals surface area (Å²) in [5, 5.41) is 18.8. The fourth-order valence-electron chi connectivity index (χ4n) is 3.75. The molecule has 1 fully saturated rings. The summed E-state index contributed by atoms with van der Waals surface area (Å²) in [4.78, 5) is 33.0. The maximum Gasteiger partial charge on any atom is 0.373 e. The van der Waals surface area contributed by atoms with E-state index in [0.29, 0.717) is 29.2 Å². The molecule has 4 heterocycles. The standard InChI is InChI=1S/C22H21N9S.CO2/c23-11-15-5-4-6-16(9-15)18-10-19(27-21(24)26-18)20-14-31(29-28-20)13-17-12-25-22(32-17)30-7-2-1-3-8-30;2-1-3/h4-6,9-10,12,14H,1-3,7-8,13H2,(H2,24,26,27);. The Balaban J connectivity index is 0.000000917. The van der Waals surface area contributed by atoms with Gasteiger partial charge in [-0.05, 0) is 37.5 Å². The Morgan fingerprint density at radius 3 is 2.60 bits per heavy atom. The molecule has 0 spiro atoms. The zero-order valence-corrected chi connectivity index (χ0v) is 19.5. The first-order chi connectivity index (χ1) is 17.1. The fourth-order valence-corrected chi connectivity index (χ4v) is 4.70. The lowest BCUT2D eigenvalue weighted by Crippen LogP contribution is -2.29. The van der Waals surface area contributed by atoms with E-state index >= 15 is 0 Å². The molecule has 1 aromatic carbocycles. The van der Waals surface area contributed by atoms with Gasteiger partial charge in [0.25, 0.3) is 0 Å². The minimum atomic E-state index is 0.142. The average molecular weight is 488 g/mol. The lowest BCUT2D eigenvalue weighted by Gasteiger charge is -2.25. The molecule has 12 heteroatoms. The average Bonchev–Trinajstić information content (AvgIpc) is 3.55. The number of hydrogen-bond donors (Lipinski definition) is 1. The van der Waals surface area contributed by atoms with E-state index < -0.39 is 0 Å². The molecule has 3 aromatic heterocycles. The molecule has 5 rings (SSSR count). The summed E-state index contributed by atoms with van der Waals surface area (Å²) in [7, 11) is 0. The Morgan fingerprint density at radius 2 is 1.83 bits per heavy atom. The van der Waals surface area contributed by atoms with Crippen molar-refractivity contribution in [1.29, 1.82) is 5.26 Å². The van der Waals surface area contributed by atoms with Crippen LogP contribution in [0.4, 0.5) is 11.1 Å². The molecule has 0 aliphatic carbocycles. The summed E-state index contributed by atoms with van der Waals surface area (Å²) in [5.74, 6) is 0.142. The van der Waals surface area contributed by atoms with Crippen LogP contribution in [0.1, 0.15) is 29.7 Å². The third-order valence-electron chi connectivity index (χ3n) is 5.32. The van der Waals surface area contributed by atoms with E-state index in [1.807, 2.05) is 30.6 Å². The number of carbonyl (C=O) groups excluding carboxylic acids is 2. The van der Waals surface area contributed by atoms with Crippen LogP contribution >= 0.6 is 11.3 Å². The number of anilines is 2. The Labute approximate surface area is 204 Å². The second kappa shape index (κ2) is 11.1. The summed E-state index contributed by atoms with van der Waals surface area (Å²) in [6, 6.07) is 11.2. The van der Waals surface area contributed by atoms with Gasteiger partial charge in [-0.1, -0.05) is 28.7 Å². The maximum atomic E-state index is 9.16. The normalized spacial score (nSPS) is 12.8. The van der Waals surface area contributed by atoms with Crippen molar-refractivity contribution in [2.24, 2.45) is 0 Å². The third-order valence-corrected chi connectivity index (χ3v) is 6.36. The number of piperidine rings is 1. The number of nitrogen functional groups attached to an aromatic ring is 1. The van der Waals surface area contributed by atoms with Crippen LogP contribution in [0, 0.1) is 11.3 Å². The number of benzene rings is 1. The smallest absolute Gasteiger partial charge is 0.368 e. The highest BCUT2D eigenvalue weighted by Gasteiger charge is 2.15. The van der Waals surface area contributed by atoms with Gasteiger partial charge in [0.2, 0.25) is 5.95 Å². The largest absolute Gasteiger partial charge is 0.373 e. The lowest BCUT2D eigenvalue weighted by molar-refractivity contribution is -0.191. The molecular formula is C23H21N9O2S. The van der Waals surface area contributed by atoms with E-state index in [4.69, 9.17) is 20.6 Å². The molecule has 1 aliphatic rings. The zero-order valence-electron chi connectivity index (χ0n) is 18.7. The van der Waals surface area contributed by atoms with Gasteiger partial charge < -0.3 is 10.6 Å². The van der Waals surface area contributed by atoms with Crippen molar-refractivity contribution in [2.45, 2.75) is 25.8 Å². The molecule has 35 heavy (non-hydrogen) atoms. The van der Waals surface area contributed by atoms with E-state index in [0.717, 1.165) is 28.7 Å². The summed E-state index contributed by atoms with van der Waals surface area (Å²) in [5.41, 5.74) is 9.13. The van der Waals surface area contributed by atoms with Crippen molar-refractivity contribution in [3.63, 3.8) is 0 Å². The Bertz CT molecular complexity index is 1380. The van der Waals surface area contributed by atoms with Gasteiger partial charge in [-0.15, -0.1) is 5.10 Å². The number of nitriles is 1. The molecule has 1 aliphatic heterocycles. The molecule has 11 nitrogen and oxygen atoms in total. The van der Waals surface area contributed by atoms with E-state index in [1.54, 1.807) is 28.2 Å². The Morgan fingerprint density at radius 1 is 1.06 bits per heavy atom. The first-order valence-electron chi connectivity index (χ1n) is 10.8. The molecule has 4 aromatic rings. The number of aromatic nitrogens is 6. The molecule has 1 saturated heterocycles. The van der Waals surface area contributed by atoms with Crippen LogP contribution in [-0.4, -0.2) is 49.2 Å². The number of rotatable bonds is 5. The van der Waals surface area contributed by atoms with Gasteiger partial charge in [-0.3, -0.25) is 0 Å². The van der Waals surface area contributed by atoms with Crippen molar-refractivity contribution in [2.75, 3.05) is 23.7 Å². The van der Waals surface area contributed by atoms with Gasteiger partial charge in [-0.2, -0.15) is 14.9 Å². The van der Waals surface area contributed by atoms with Gasteiger partial charge in [0, 0.05) is 29.7 Å². The zero-order chi connectivity index (χ0) is 24.6. The molecule has 0 amide bonds. The van der Waals surface area contributed by atoms with Gasteiger partial charge >= 0.3 is 6.15 Å². The Hall–Kier alpha value is -4.46. The highest BCUT2D eigenvalue weighted by atomic mass is 32.1. The number of nitrogens with two attached hydrogens (primary N) is 1. The molecule has 0 radical (unpaired) electrons. The lowest BCUT2D eigenvalue weighted by atomic mass is 10.1. The van der Waals surface area contributed by atoms with Gasteiger partial charge in [0.05, 0.1) is 35.8 Å². The van der Waals surface area contributed by atoms with Gasteiger partial charge in [0.15, 0.2) is 5.13 Å². The summed E-state index contributed by atoms with van der Waals surface area (Å²) >= 11 is 1.70. The van der Waals surface area contributed by atoms with Gasteiger partial charge in [0.1, 0.15) is 5.69 Å². The first-order valence-corrected chi connectivity index (χ1v) is 11.7. The van der Waals surface area contributed by atoms with Crippen LogP contribution in [0.25, 0.3) is 22.6 Å². The van der Waals surface area contributed by atoms with Crippen LogP contribution in [-0.2, 0) is 16.1 Å². The molecule has 176 valence electrons. The van der Waals surface area contributed by atoms with Crippen molar-refractivity contribution < 1.29 is 9.59 Å². The fraction of sp³-hybridized carbons (Fsp3) is 0.261. The SMILES string of the molecule is N#Cc1cccc(-c2cc(-c3cn(Cc4cnc(N5CCCCC5)s4)nn3)nc(N)n2)c1.O=C=O.